The smallest absolute Gasteiger partial charge is 0.299 e. The number of nitrogens with zero attached hydrogens (tertiary/aromatic N) is 5. The van der Waals surface area contributed by atoms with Crippen molar-refractivity contribution >= 4 is 56.6 Å². The number of piperidine rings is 3. The fourth-order valence-electron chi connectivity index (χ4n) is 8.64. The Bertz CT molecular complexity index is 2660. The third-order valence-electron chi connectivity index (χ3n) is 11.9. The number of H-pyrrole nitrogens is 1. The van der Waals surface area contributed by atoms with Crippen LogP contribution in [-0.2, 0) is 24.6 Å². The topological polar surface area (TPSA) is 221 Å². The molecule has 3 atom stereocenters. The van der Waals surface area contributed by atoms with Crippen molar-refractivity contribution in [3.8, 4) is 17.0 Å². The molecule has 5 aromatic rings. The van der Waals surface area contributed by atoms with E-state index in [1.54, 1.807) is 19.1 Å². The number of rotatable bonds is 16. The Morgan fingerprint density at radius 1 is 1.00 bits per heavy atom. The molecule has 0 spiro atoms. The van der Waals surface area contributed by atoms with E-state index in [2.05, 4.69) is 44.9 Å². The molecule has 5 N–H and O–H groups in total. The van der Waals surface area contributed by atoms with Crippen molar-refractivity contribution in [1.29, 1.82) is 0 Å². The van der Waals surface area contributed by atoms with Gasteiger partial charge in [-0.15, -0.1) is 0 Å². The summed E-state index contributed by atoms with van der Waals surface area (Å²) >= 11 is 0. The van der Waals surface area contributed by atoms with E-state index in [4.69, 9.17) is 4.74 Å². The average Bonchev–Trinajstić information content (AvgIpc) is 3.69. The molecule has 0 radical (unpaired) electrons. The number of aromatic amines is 1. The zero-order valence-corrected chi connectivity index (χ0v) is 35.8. The van der Waals surface area contributed by atoms with Crippen molar-refractivity contribution in [3.63, 3.8) is 0 Å². The molecule has 3 aliphatic heterocycles. The number of hydrogen-bond donors (Lipinski definition) is 5. The average molecular weight is 899 g/mol. The lowest BCUT2D eigenvalue weighted by molar-refractivity contribution is -0.138. The van der Waals surface area contributed by atoms with Crippen LogP contribution in [-0.4, -0.2) is 102 Å². The van der Waals surface area contributed by atoms with Gasteiger partial charge in [-0.3, -0.25) is 34.6 Å². The van der Waals surface area contributed by atoms with Gasteiger partial charge in [0.1, 0.15) is 35.5 Å². The molecule has 3 aromatic heterocycles. The second-order valence-corrected chi connectivity index (χ2v) is 17.5. The number of benzene rings is 2. The first-order chi connectivity index (χ1) is 30.9. The first-order valence-corrected chi connectivity index (χ1v) is 22.8. The number of nitrogens with one attached hydrogen (secondary N) is 5. The van der Waals surface area contributed by atoms with Crippen molar-refractivity contribution in [2.45, 2.75) is 82.6 Å². The number of pyridine rings is 1. The van der Waals surface area contributed by atoms with Gasteiger partial charge in [-0.25, -0.2) is 23.7 Å². The summed E-state index contributed by atoms with van der Waals surface area (Å²) in [6, 6.07) is 12.6. The number of fused-ring (bicyclic) bond motifs is 1. The van der Waals surface area contributed by atoms with Crippen LogP contribution >= 0.6 is 0 Å². The Balaban J connectivity index is 1.01. The maximum atomic E-state index is 16.2. The molecule has 3 saturated heterocycles. The van der Waals surface area contributed by atoms with Crippen LogP contribution < -0.4 is 29.7 Å². The van der Waals surface area contributed by atoms with Gasteiger partial charge in [0.05, 0.1) is 34.2 Å². The molecule has 0 bridgehead atoms. The van der Waals surface area contributed by atoms with Gasteiger partial charge in [0.15, 0.2) is 18.2 Å². The summed E-state index contributed by atoms with van der Waals surface area (Å²) in [6.07, 6.45) is 8.45. The molecule has 3 aliphatic rings. The lowest BCUT2D eigenvalue weighted by Gasteiger charge is -2.42. The number of amides is 2. The molecule has 0 saturated carbocycles. The number of imide groups is 1. The lowest BCUT2D eigenvalue weighted by Crippen LogP contribution is -2.59. The van der Waals surface area contributed by atoms with Crippen molar-refractivity contribution < 1.29 is 41.1 Å². The van der Waals surface area contributed by atoms with Gasteiger partial charge in [-0.2, -0.15) is 13.1 Å². The van der Waals surface area contributed by atoms with Crippen LogP contribution in [0.3, 0.4) is 0 Å². The summed E-state index contributed by atoms with van der Waals surface area (Å²) < 4.78 is 67.2. The largest absolute Gasteiger partial charge is 0.481 e. The SMILES string of the molecule is CCCNS(=O)(=O)Nc1ccc(F)c(C(=O)c2c(-c3cncnc3N3CCCCC3NC(C=O)N3CCC(c4ccc(OC5CCC(=O)NC5=O)cc4)CC3)[nH]c3ncccc23)c1F. The monoisotopic (exact) mass is 898 g/mol. The number of carbonyl (C=O) groups is 4. The molecule has 3 unspecified atom stereocenters. The van der Waals surface area contributed by atoms with Crippen molar-refractivity contribution in [3.05, 3.63) is 95.6 Å². The number of carbonyl (C=O) groups excluding carboxylic acids is 4. The summed E-state index contributed by atoms with van der Waals surface area (Å²) in [5.74, 6) is -3.19. The molecule has 336 valence electrons. The summed E-state index contributed by atoms with van der Waals surface area (Å²) in [5.41, 5.74) is 0.174. The molecule has 0 aliphatic carbocycles. The summed E-state index contributed by atoms with van der Waals surface area (Å²) in [5, 5.41) is 6.13. The van der Waals surface area contributed by atoms with Crippen molar-refractivity contribution in [2.75, 3.05) is 35.8 Å². The predicted molar refractivity (Wildman–Crippen MR) is 233 cm³/mol. The van der Waals surface area contributed by atoms with E-state index in [0.717, 1.165) is 49.7 Å². The summed E-state index contributed by atoms with van der Waals surface area (Å²) in [7, 11) is -4.24. The van der Waals surface area contributed by atoms with Gasteiger partial charge in [0, 0.05) is 56.8 Å². The van der Waals surface area contributed by atoms with Gasteiger partial charge in [-0.1, -0.05) is 19.1 Å². The maximum Gasteiger partial charge on any atom is 0.299 e. The third-order valence-corrected chi connectivity index (χ3v) is 12.9. The number of ketones is 1. The minimum absolute atomic E-state index is 0.0738. The van der Waals surface area contributed by atoms with E-state index in [-0.39, 0.29) is 53.2 Å². The Labute approximate surface area is 368 Å². The molecular formula is C44H48F2N10O7S. The molecule has 6 heterocycles. The first kappa shape index (κ1) is 44.4. The van der Waals surface area contributed by atoms with E-state index in [1.165, 1.54) is 18.7 Å². The highest BCUT2D eigenvalue weighted by Gasteiger charge is 2.35. The fraction of sp³-hybridized carbons (Fsp3) is 0.386. The second kappa shape index (κ2) is 19.3. The Kier molecular flexibility index (Phi) is 13.4. The van der Waals surface area contributed by atoms with E-state index in [0.29, 0.717) is 56.0 Å². The number of aldehydes is 1. The Morgan fingerprint density at radius 2 is 1.80 bits per heavy atom. The number of anilines is 2. The fourth-order valence-corrected chi connectivity index (χ4v) is 9.63. The highest BCUT2D eigenvalue weighted by atomic mass is 32.2. The van der Waals surface area contributed by atoms with Crippen molar-refractivity contribution in [1.82, 2.24) is 40.2 Å². The normalized spacial score (nSPS) is 19.3. The van der Waals surface area contributed by atoms with E-state index in [1.807, 2.05) is 29.2 Å². The number of likely N-dealkylation sites (tertiary alicyclic amines) is 1. The quantitative estimate of drug-likeness (QED) is 0.0517. The molecule has 2 aromatic carbocycles. The van der Waals surface area contributed by atoms with Gasteiger partial charge in [-0.05, 0) is 86.4 Å². The minimum Gasteiger partial charge on any atom is -0.481 e. The molecule has 8 rings (SSSR count). The zero-order chi connectivity index (χ0) is 45.0. The molecule has 64 heavy (non-hydrogen) atoms. The van der Waals surface area contributed by atoms with Gasteiger partial charge < -0.3 is 19.4 Å². The minimum atomic E-state index is -4.24. The Morgan fingerprint density at radius 3 is 2.55 bits per heavy atom. The van der Waals surface area contributed by atoms with Crippen LogP contribution in [0.4, 0.5) is 20.3 Å². The van der Waals surface area contributed by atoms with E-state index in [9.17, 15) is 27.6 Å². The van der Waals surface area contributed by atoms with Crippen LogP contribution in [0.1, 0.15) is 85.7 Å². The summed E-state index contributed by atoms with van der Waals surface area (Å²) in [4.78, 5) is 71.6. The van der Waals surface area contributed by atoms with Crippen LogP contribution in [0.2, 0.25) is 0 Å². The van der Waals surface area contributed by atoms with E-state index >= 15 is 8.78 Å². The van der Waals surface area contributed by atoms with Crippen LogP contribution in [0.15, 0.2) is 67.3 Å². The zero-order valence-electron chi connectivity index (χ0n) is 35.0. The number of hydrogen-bond acceptors (Lipinski definition) is 13. The highest BCUT2D eigenvalue weighted by Crippen LogP contribution is 2.39. The van der Waals surface area contributed by atoms with Crippen LogP contribution in [0.25, 0.3) is 22.3 Å². The van der Waals surface area contributed by atoms with E-state index < -0.39 is 57.1 Å². The third kappa shape index (κ3) is 9.49. The molecule has 17 nitrogen and oxygen atoms in total. The van der Waals surface area contributed by atoms with Gasteiger partial charge >= 0.3 is 0 Å². The molecule has 3 fully saturated rings. The van der Waals surface area contributed by atoms with Gasteiger partial charge in [0.2, 0.25) is 11.7 Å². The molecule has 2 amide bonds. The van der Waals surface area contributed by atoms with Crippen molar-refractivity contribution in [2.24, 2.45) is 0 Å². The maximum absolute atomic E-state index is 16.2. The van der Waals surface area contributed by atoms with Gasteiger partial charge in [0.25, 0.3) is 16.1 Å². The molecule has 20 heteroatoms. The predicted octanol–water partition coefficient (Wildman–Crippen LogP) is 4.68. The van der Waals surface area contributed by atoms with Crippen LogP contribution in [0.5, 0.6) is 5.75 Å². The standard InChI is InChI=1S/C44H48F2N10O7S/c1-2-18-50-64(61,62)54-32-13-12-31(45)38(39(32)46)41(59)37-29-6-5-19-48-42(29)53-40(37)30-23-47-25-49-43(30)56-20-4-3-7-34(56)51-35(24-57)55-21-16-27(17-22-55)26-8-10-28(11-9-26)63-33-14-15-36(58)52-44(33)60/h5-6,8-13,19,23-25,27,33-35,50-51,54H,2-4,7,14-18,20-22H2,1H3,(H,48,53)(H,52,58,60). The number of aromatic nitrogens is 4. The highest BCUT2D eigenvalue weighted by molar-refractivity contribution is 7.90. The Hall–Kier alpha value is -6.22. The summed E-state index contributed by atoms with van der Waals surface area (Å²) in [6.45, 7) is 3.63. The second-order valence-electron chi connectivity index (χ2n) is 16.0. The lowest BCUT2D eigenvalue weighted by atomic mass is 9.89. The number of halogens is 2. The van der Waals surface area contributed by atoms with Crippen LogP contribution in [0, 0.1) is 11.6 Å². The number of ether oxygens (including phenoxy) is 1. The first-order valence-electron chi connectivity index (χ1n) is 21.3. The molecular weight excluding hydrogens is 851 g/mol.